The van der Waals surface area contributed by atoms with Crippen LogP contribution in [-0.4, -0.2) is 11.1 Å². The van der Waals surface area contributed by atoms with Crippen LogP contribution >= 0.6 is 69.1 Å². The summed E-state index contributed by atoms with van der Waals surface area (Å²) in [6.07, 6.45) is 2.84. The van der Waals surface area contributed by atoms with Gasteiger partial charge >= 0.3 is 0 Å². The third-order valence-corrected chi connectivity index (χ3v) is 0.500. The largest absolute Gasteiger partial charge is 0.134 e. The van der Waals surface area contributed by atoms with Crippen molar-refractivity contribution in [3.63, 3.8) is 0 Å². The van der Waals surface area contributed by atoms with E-state index >= 15 is 0 Å². The first-order valence-electron chi connectivity index (χ1n) is 1.75. The molecule has 9 heavy (non-hydrogen) atoms. The number of halogens is 3. The zero-order valence-electron chi connectivity index (χ0n) is 5.11. The van der Waals surface area contributed by atoms with Crippen LogP contribution in [-0.2, 0) is 21.1 Å². The van der Waals surface area contributed by atoms with Gasteiger partial charge in [-0.05, 0) is 11.1 Å². The number of alkyl halides is 1. The van der Waals surface area contributed by atoms with Crippen LogP contribution in [0.15, 0.2) is 12.7 Å². The molecule has 0 spiro atoms. The minimum atomic E-state index is 0. The predicted molar refractivity (Wildman–Crippen MR) is 72.8 cm³/mol. The van der Waals surface area contributed by atoms with Gasteiger partial charge in [-0.15, -0.1) is 15.8 Å². The average Bonchev–Trinajstić information content (AvgIpc) is 1.96. The van der Waals surface area contributed by atoms with Crippen molar-refractivity contribution >= 4 is 69.1 Å². The van der Waals surface area contributed by atoms with Crippen molar-refractivity contribution in [3.05, 3.63) is 12.7 Å². The molecule has 0 heterocycles. The Labute approximate surface area is 112 Å². The molecule has 0 aromatic rings. The van der Waals surface area contributed by atoms with Gasteiger partial charge in [-0.25, -0.2) is 0 Å². The standard InChI is InChI=1S/C3H7P.CH3I.I2.W/c1-2-3-4;2*1-2;/h2H,1,3-4H2;1H3;;. The van der Waals surface area contributed by atoms with Crippen molar-refractivity contribution < 1.29 is 21.1 Å². The Morgan fingerprint density at radius 1 is 1.44 bits per heavy atom. The van der Waals surface area contributed by atoms with Crippen LogP contribution in [0.1, 0.15) is 0 Å². The van der Waals surface area contributed by atoms with Crippen LogP contribution in [0.25, 0.3) is 0 Å². The van der Waals surface area contributed by atoms with Gasteiger partial charge in [0.15, 0.2) is 0 Å². The van der Waals surface area contributed by atoms with Crippen LogP contribution in [0.5, 0.6) is 0 Å². The predicted octanol–water partition coefficient (Wildman–Crippen LogP) is 3.87. The molecule has 0 amide bonds. The fourth-order valence-corrected chi connectivity index (χ4v) is 0. The van der Waals surface area contributed by atoms with E-state index < -0.39 is 0 Å². The smallest absolute Gasteiger partial charge is 0 e. The normalized spacial score (nSPS) is 4.11. The number of hydrogen-bond acceptors (Lipinski definition) is 0. The molecule has 0 rings (SSSR count). The average molecular weight is 654 g/mol. The topological polar surface area (TPSA) is 0 Å². The van der Waals surface area contributed by atoms with Gasteiger partial charge in [0, 0.05) is 58.3 Å². The molecule has 0 fully saturated rings. The monoisotopic (exact) mass is 654 g/mol. The van der Waals surface area contributed by atoms with Gasteiger partial charge in [0.1, 0.15) is 0 Å². The molecule has 0 radical (unpaired) electrons. The summed E-state index contributed by atoms with van der Waals surface area (Å²) in [5.74, 6) is 0. The second-order valence-electron chi connectivity index (χ2n) is 0.524. The number of hydrogen-bond donors (Lipinski definition) is 0. The Bertz CT molecular complexity index is 29.8. The fraction of sp³-hybridized carbons (Fsp3) is 0.500. The van der Waals surface area contributed by atoms with E-state index in [1.807, 2.05) is 11.0 Å². The minimum Gasteiger partial charge on any atom is -0.134 e. The number of rotatable bonds is 1. The Kier molecular flexibility index (Phi) is 110. The molecule has 0 N–H and O–H groups in total. The maximum atomic E-state index is 3.46. The fourth-order valence-electron chi connectivity index (χ4n) is 0. The minimum absolute atomic E-state index is 0. The van der Waals surface area contributed by atoms with E-state index in [-0.39, 0.29) is 21.1 Å². The van der Waals surface area contributed by atoms with E-state index in [4.69, 9.17) is 0 Å². The van der Waals surface area contributed by atoms with Gasteiger partial charge in [0.2, 0.25) is 0 Å². The molecule has 0 aliphatic heterocycles. The molecular formula is C4H10I3PW. The summed E-state index contributed by atoms with van der Waals surface area (Å²) in [4.78, 5) is 1.97. The van der Waals surface area contributed by atoms with Gasteiger partial charge < -0.3 is 0 Å². The van der Waals surface area contributed by atoms with Crippen LogP contribution in [0.2, 0.25) is 0 Å². The second-order valence-corrected chi connectivity index (χ2v) is 0.996. The van der Waals surface area contributed by atoms with Crippen LogP contribution < -0.4 is 0 Å². The van der Waals surface area contributed by atoms with Crippen molar-refractivity contribution in [2.75, 3.05) is 11.1 Å². The van der Waals surface area contributed by atoms with E-state index in [2.05, 4.69) is 75.6 Å². The zero-order chi connectivity index (χ0) is 7.41. The van der Waals surface area contributed by atoms with Gasteiger partial charge in [-0.1, -0.05) is 28.7 Å². The van der Waals surface area contributed by atoms with Crippen molar-refractivity contribution in [1.29, 1.82) is 0 Å². The molecule has 5 heteroatoms. The van der Waals surface area contributed by atoms with Crippen LogP contribution in [0, 0.1) is 0 Å². The quantitative estimate of drug-likeness (QED) is 0.175. The zero-order valence-corrected chi connectivity index (χ0v) is 15.7. The molecule has 0 nitrogen and oxygen atoms in total. The van der Waals surface area contributed by atoms with Crippen molar-refractivity contribution in [2.45, 2.75) is 0 Å². The molecule has 1 unspecified atom stereocenters. The summed E-state index contributed by atoms with van der Waals surface area (Å²) in [6.45, 7) is 3.46. The van der Waals surface area contributed by atoms with Gasteiger partial charge in [-0.3, -0.25) is 0 Å². The summed E-state index contributed by atoms with van der Waals surface area (Å²) < 4.78 is 0. The first-order valence-corrected chi connectivity index (χ1v) is 11.0. The Balaban J connectivity index is -0.0000000221. The summed E-state index contributed by atoms with van der Waals surface area (Å²) in [7, 11) is 2.54. The second kappa shape index (κ2) is 43.8. The third kappa shape index (κ3) is 55.2. The molecule has 0 aromatic heterocycles. The SMILES string of the molecule is C=CCP.CI.II.[W]. The van der Waals surface area contributed by atoms with Crippen molar-refractivity contribution in [1.82, 2.24) is 0 Å². The first-order chi connectivity index (χ1) is 3.91. The summed E-state index contributed by atoms with van der Waals surface area (Å²) in [5, 5.41) is 0. The Hall–Kier alpha value is 3.05. The third-order valence-electron chi connectivity index (χ3n) is 0.167. The summed E-state index contributed by atoms with van der Waals surface area (Å²) in [6, 6.07) is 0. The van der Waals surface area contributed by atoms with Crippen molar-refractivity contribution in [2.24, 2.45) is 0 Å². The molecule has 0 saturated heterocycles. The molecule has 0 aliphatic carbocycles. The van der Waals surface area contributed by atoms with Crippen molar-refractivity contribution in [3.8, 4) is 0 Å². The maximum Gasteiger partial charge on any atom is 0 e. The van der Waals surface area contributed by atoms with Gasteiger partial charge in [0.05, 0.1) is 0 Å². The molecule has 58 valence electrons. The molecule has 0 aromatic carbocycles. The van der Waals surface area contributed by atoms with E-state index in [9.17, 15) is 0 Å². The van der Waals surface area contributed by atoms with E-state index in [1.165, 1.54) is 0 Å². The molecule has 0 aliphatic rings. The summed E-state index contributed by atoms with van der Waals surface area (Å²) in [5.41, 5.74) is 0. The maximum absolute atomic E-state index is 3.46. The molecular weight excluding hydrogens is 644 g/mol. The van der Waals surface area contributed by atoms with Gasteiger partial charge in [-0.2, -0.15) is 0 Å². The molecule has 0 bridgehead atoms. The Morgan fingerprint density at radius 2 is 1.56 bits per heavy atom. The number of allylic oxidation sites excluding steroid dienone is 1. The van der Waals surface area contributed by atoms with Gasteiger partial charge in [0.25, 0.3) is 0 Å². The van der Waals surface area contributed by atoms with Crippen LogP contribution in [0.4, 0.5) is 0 Å². The van der Waals surface area contributed by atoms with E-state index in [1.54, 1.807) is 0 Å². The first kappa shape index (κ1) is 22.7. The molecule has 0 saturated carbocycles. The van der Waals surface area contributed by atoms with E-state index in [0.717, 1.165) is 6.16 Å². The summed E-state index contributed by atoms with van der Waals surface area (Å²) >= 11 is 6.39. The van der Waals surface area contributed by atoms with Crippen LogP contribution in [0.3, 0.4) is 0 Å². The Morgan fingerprint density at radius 3 is 1.56 bits per heavy atom. The van der Waals surface area contributed by atoms with E-state index in [0.29, 0.717) is 0 Å². The molecule has 1 atom stereocenters.